The maximum Gasteiger partial charge on any atom is 0.241 e. The quantitative estimate of drug-likeness (QED) is 0.915. The number of nitrogens with one attached hydrogen (secondary N) is 1. The van der Waals surface area contributed by atoms with Crippen LogP contribution in [0.5, 0.6) is 0 Å². The molecule has 1 aromatic carbocycles. The Morgan fingerprint density at radius 3 is 2.65 bits per heavy atom. The number of sulfonamides is 1. The largest absolute Gasteiger partial charge is 0.261 e. The zero-order valence-electron chi connectivity index (χ0n) is 11.4. The lowest BCUT2D eigenvalue weighted by molar-refractivity contribution is 0.562. The van der Waals surface area contributed by atoms with Gasteiger partial charge in [-0.15, -0.1) is 0 Å². The van der Waals surface area contributed by atoms with Crippen LogP contribution in [0.2, 0.25) is 0 Å². The van der Waals surface area contributed by atoms with Crippen LogP contribution in [0, 0.1) is 0 Å². The normalized spacial score (nSPS) is 13.1. The summed E-state index contributed by atoms with van der Waals surface area (Å²) in [5, 5.41) is 0. The summed E-state index contributed by atoms with van der Waals surface area (Å²) in [6, 6.07) is 6.56. The van der Waals surface area contributed by atoms with Crippen molar-refractivity contribution in [2.45, 2.75) is 31.2 Å². The lowest BCUT2D eigenvalue weighted by atomic mass is 10.2. The summed E-state index contributed by atoms with van der Waals surface area (Å²) in [7, 11) is -3.57. The van der Waals surface area contributed by atoms with Gasteiger partial charge in [0.25, 0.3) is 0 Å². The minimum absolute atomic E-state index is 0.318. The molecule has 0 unspecified atom stereocenters. The third-order valence-corrected chi connectivity index (χ3v) is 4.64. The van der Waals surface area contributed by atoms with E-state index in [1.807, 2.05) is 19.1 Å². The highest BCUT2D eigenvalue weighted by atomic mass is 32.2. The highest BCUT2D eigenvalue weighted by Crippen LogP contribution is 2.18. The van der Waals surface area contributed by atoms with E-state index < -0.39 is 16.1 Å². The Labute approximate surface area is 119 Å². The van der Waals surface area contributed by atoms with Gasteiger partial charge >= 0.3 is 0 Å². The molecule has 106 valence electrons. The number of nitrogens with zero attached hydrogens (tertiary/aromatic N) is 2. The molecule has 5 nitrogen and oxygen atoms in total. The Kier molecular flexibility index (Phi) is 4.46. The van der Waals surface area contributed by atoms with Crippen LogP contribution in [-0.2, 0) is 16.4 Å². The average Bonchev–Trinajstić information content (AvgIpc) is 2.47. The van der Waals surface area contributed by atoms with Crippen LogP contribution in [0.1, 0.15) is 31.1 Å². The Hall–Kier alpha value is -1.79. The zero-order chi connectivity index (χ0) is 14.6. The topological polar surface area (TPSA) is 72.0 Å². The van der Waals surface area contributed by atoms with Gasteiger partial charge in [-0.1, -0.05) is 25.1 Å². The van der Waals surface area contributed by atoms with Crippen LogP contribution < -0.4 is 4.72 Å². The first kappa shape index (κ1) is 14.6. The molecular weight excluding hydrogens is 274 g/mol. The summed E-state index contributed by atoms with van der Waals surface area (Å²) in [5.74, 6) is 0. The molecule has 0 spiro atoms. The minimum atomic E-state index is -3.57. The van der Waals surface area contributed by atoms with Gasteiger partial charge in [-0.25, -0.2) is 13.1 Å². The van der Waals surface area contributed by atoms with Crippen molar-refractivity contribution in [2.75, 3.05) is 0 Å². The maximum absolute atomic E-state index is 12.4. The second kappa shape index (κ2) is 6.11. The van der Waals surface area contributed by atoms with Gasteiger partial charge < -0.3 is 0 Å². The van der Waals surface area contributed by atoms with Gasteiger partial charge in [-0.05, 0) is 25.0 Å². The Balaban J connectivity index is 2.28. The van der Waals surface area contributed by atoms with Gasteiger partial charge in [0.15, 0.2) is 0 Å². The van der Waals surface area contributed by atoms with Gasteiger partial charge in [-0.2, -0.15) is 0 Å². The molecule has 20 heavy (non-hydrogen) atoms. The molecule has 0 aliphatic rings. The van der Waals surface area contributed by atoms with Crippen LogP contribution >= 0.6 is 0 Å². The van der Waals surface area contributed by atoms with E-state index >= 15 is 0 Å². The molecule has 1 atom stereocenters. The van der Waals surface area contributed by atoms with Crippen molar-refractivity contribution in [3.8, 4) is 0 Å². The average molecular weight is 291 g/mol. The van der Waals surface area contributed by atoms with Gasteiger partial charge in [-0.3, -0.25) is 9.97 Å². The fourth-order valence-electron chi connectivity index (χ4n) is 1.95. The highest BCUT2D eigenvalue weighted by molar-refractivity contribution is 7.89. The molecule has 0 aliphatic heterocycles. The molecule has 0 fully saturated rings. The summed E-state index contributed by atoms with van der Waals surface area (Å²) in [6.07, 6.45) is 5.31. The Morgan fingerprint density at radius 1 is 1.25 bits per heavy atom. The molecule has 0 saturated heterocycles. The van der Waals surface area contributed by atoms with Gasteiger partial charge in [0, 0.05) is 18.6 Å². The summed E-state index contributed by atoms with van der Waals surface area (Å²) >= 11 is 0. The van der Waals surface area contributed by atoms with Crippen molar-refractivity contribution >= 4 is 10.0 Å². The smallest absolute Gasteiger partial charge is 0.241 e. The van der Waals surface area contributed by atoms with Crippen molar-refractivity contribution in [3.63, 3.8) is 0 Å². The predicted octanol–water partition coefficient (Wildman–Crippen LogP) is 2.08. The molecule has 0 aliphatic carbocycles. The summed E-state index contributed by atoms with van der Waals surface area (Å²) < 4.78 is 27.5. The maximum atomic E-state index is 12.4. The first-order valence-electron chi connectivity index (χ1n) is 6.40. The van der Waals surface area contributed by atoms with Crippen molar-refractivity contribution in [2.24, 2.45) is 0 Å². The molecule has 2 rings (SSSR count). The van der Waals surface area contributed by atoms with Crippen molar-refractivity contribution in [1.29, 1.82) is 0 Å². The number of aryl methyl sites for hydroxylation is 1. The van der Waals surface area contributed by atoms with Crippen LogP contribution in [0.4, 0.5) is 0 Å². The van der Waals surface area contributed by atoms with Crippen LogP contribution in [-0.4, -0.2) is 18.4 Å². The Morgan fingerprint density at radius 2 is 2.00 bits per heavy atom. The molecule has 1 heterocycles. The monoisotopic (exact) mass is 291 g/mol. The predicted molar refractivity (Wildman–Crippen MR) is 76.6 cm³/mol. The van der Waals surface area contributed by atoms with Gasteiger partial charge in [0.1, 0.15) is 0 Å². The van der Waals surface area contributed by atoms with Crippen LogP contribution in [0.25, 0.3) is 0 Å². The van der Waals surface area contributed by atoms with E-state index in [4.69, 9.17) is 0 Å². The number of hydrogen-bond acceptors (Lipinski definition) is 4. The standard InChI is InChI=1S/C14H17N3O2S/c1-3-12-6-4-5-7-14(12)20(18,19)17-11(2)13-10-15-8-9-16-13/h4-11,17H,3H2,1-2H3/t11-/m1/s1. The molecule has 1 aromatic heterocycles. The lowest BCUT2D eigenvalue weighted by Crippen LogP contribution is -2.28. The third kappa shape index (κ3) is 3.20. The molecular formula is C14H17N3O2S. The molecule has 6 heteroatoms. The number of hydrogen-bond donors (Lipinski definition) is 1. The van der Waals surface area contributed by atoms with Crippen LogP contribution in [0.15, 0.2) is 47.8 Å². The lowest BCUT2D eigenvalue weighted by Gasteiger charge is -2.15. The molecule has 1 N–H and O–H groups in total. The van der Waals surface area contributed by atoms with E-state index in [2.05, 4.69) is 14.7 Å². The fourth-order valence-corrected chi connectivity index (χ4v) is 3.48. The number of aromatic nitrogens is 2. The number of benzene rings is 1. The molecule has 0 amide bonds. The van der Waals surface area contributed by atoms with Gasteiger partial charge in [0.05, 0.1) is 16.6 Å². The summed E-state index contributed by atoms with van der Waals surface area (Å²) in [5.41, 5.74) is 1.39. The van der Waals surface area contributed by atoms with Crippen molar-refractivity contribution < 1.29 is 8.42 Å². The van der Waals surface area contributed by atoms with E-state index in [9.17, 15) is 8.42 Å². The molecule has 0 radical (unpaired) electrons. The van der Waals surface area contributed by atoms with E-state index in [0.29, 0.717) is 17.0 Å². The minimum Gasteiger partial charge on any atom is -0.261 e. The third-order valence-electron chi connectivity index (χ3n) is 3.00. The second-order valence-corrected chi connectivity index (χ2v) is 6.12. The number of rotatable bonds is 5. The molecule has 0 saturated carbocycles. The molecule has 0 bridgehead atoms. The van der Waals surface area contributed by atoms with Gasteiger partial charge in [0.2, 0.25) is 10.0 Å². The highest BCUT2D eigenvalue weighted by Gasteiger charge is 2.21. The summed E-state index contributed by atoms with van der Waals surface area (Å²) in [4.78, 5) is 8.37. The van der Waals surface area contributed by atoms with E-state index in [-0.39, 0.29) is 0 Å². The fraction of sp³-hybridized carbons (Fsp3) is 0.286. The summed E-state index contributed by atoms with van der Waals surface area (Å²) in [6.45, 7) is 3.68. The Bertz CT molecular complexity index is 672. The first-order chi connectivity index (χ1) is 9.54. The zero-order valence-corrected chi connectivity index (χ0v) is 12.3. The SMILES string of the molecule is CCc1ccccc1S(=O)(=O)N[C@H](C)c1cnccn1. The van der Waals surface area contributed by atoms with E-state index in [1.165, 1.54) is 0 Å². The first-order valence-corrected chi connectivity index (χ1v) is 7.89. The second-order valence-electron chi connectivity index (χ2n) is 4.43. The van der Waals surface area contributed by atoms with E-state index in [1.54, 1.807) is 37.6 Å². The van der Waals surface area contributed by atoms with Crippen molar-refractivity contribution in [3.05, 3.63) is 54.1 Å². The van der Waals surface area contributed by atoms with E-state index in [0.717, 1.165) is 5.56 Å². The molecule has 2 aromatic rings. The van der Waals surface area contributed by atoms with Crippen LogP contribution in [0.3, 0.4) is 0 Å². The van der Waals surface area contributed by atoms with Crippen molar-refractivity contribution in [1.82, 2.24) is 14.7 Å².